The third-order valence-electron chi connectivity index (χ3n) is 5.10. The fraction of sp³-hybridized carbons (Fsp3) is 0.440. The lowest BCUT2D eigenvalue weighted by atomic mass is 10.0. The zero-order valence-corrected chi connectivity index (χ0v) is 19.7. The summed E-state index contributed by atoms with van der Waals surface area (Å²) in [4.78, 5) is 26.8. The number of carbonyl (C=O) groups is 2. The summed E-state index contributed by atoms with van der Waals surface area (Å²) in [5, 5.41) is 1.39. The van der Waals surface area contributed by atoms with E-state index in [1.54, 1.807) is 19.2 Å². The summed E-state index contributed by atoms with van der Waals surface area (Å²) in [6, 6.07) is 11.0. The Labute approximate surface area is 185 Å². The fourth-order valence-corrected chi connectivity index (χ4v) is 3.62. The van der Waals surface area contributed by atoms with Crippen LogP contribution in [0, 0.1) is 13.8 Å². The predicted molar refractivity (Wildman–Crippen MR) is 122 cm³/mol. The van der Waals surface area contributed by atoms with Crippen LogP contribution in [0.15, 0.2) is 36.4 Å². The number of carbonyl (C=O) groups excluding carboxylic acids is 2. The van der Waals surface area contributed by atoms with Crippen LogP contribution in [0.25, 0.3) is 0 Å². The van der Waals surface area contributed by atoms with Crippen molar-refractivity contribution < 1.29 is 19.1 Å². The Morgan fingerprint density at radius 3 is 2.26 bits per heavy atom. The van der Waals surface area contributed by atoms with Crippen LogP contribution < -0.4 is 10.2 Å². The van der Waals surface area contributed by atoms with Gasteiger partial charge in [-0.25, -0.2) is 5.01 Å². The average molecular weight is 427 g/mol. The van der Waals surface area contributed by atoms with Crippen molar-refractivity contribution in [2.45, 2.75) is 53.5 Å². The molecule has 2 rings (SSSR count). The lowest BCUT2D eigenvalue weighted by molar-refractivity contribution is -0.00399. The Morgan fingerprint density at radius 1 is 1.06 bits per heavy atom. The molecule has 0 spiro atoms. The van der Waals surface area contributed by atoms with Gasteiger partial charge in [0.25, 0.3) is 11.8 Å². The van der Waals surface area contributed by atoms with E-state index in [-0.39, 0.29) is 18.4 Å². The fourth-order valence-electron chi connectivity index (χ4n) is 3.62. The van der Waals surface area contributed by atoms with E-state index in [4.69, 9.17) is 9.47 Å². The van der Waals surface area contributed by atoms with Crippen LogP contribution in [0.4, 0.5) is 0 Å². The molecule has 1 N–H and O–H groups in total. The zero-order chi connectivity index (χ0) is 23.2. The monoisotopic (exact) mass is 426 g/mol. The predicted octanol–water partition coefficient (Wildman–Crippen LogP) is 4.48. The Morgan fingerprint density at radius 2 is 1.71 bits per heavy atom. The van der Waals surface area contributed by atoms with Gasteiger partial charge in [-0.05, 0) is 65.3 Å². The third-order valence-corrected chi connectivity index (χ3v) is 5.10. The van der Waals surface area contributed by atoms with Crippen LogP contribution in [-0.2, 0) is 11.2 Å². The molecular formula is C25H34N2O4. The van der Waals surface area contributed by atoms with E-state index < -0.39 is 5.54 Å². The Bertz CT molecular complexity index is 917. The number of amides is 2. The van der Waals surface area contributed by atoms with Crippen LogP contribution in [0.5, 0.6) is 5.75 Å². The first-order valence-corrected chi connectivity index (χ1v) is 10.6. The molecule has 0 unspecified atom stereocenters. The Hall–Kier alpha value is -2.86. The van der Waals surface area contributed by atoms with Crippen LogP contribution >= 0.6 is 0 Å². The summed E-state index contributed by atoms with van der Waals surface area (Å²) in [6.07, 6.45) is 0.625. The van der Waals surface area contributed by atoms with Crippen molar-refractivity contribution in [3.8, 4) is 5.75 Å². The standard InChI is InChI=1S/C25H34N2O4/c1-8-20-21(11-10-12-22(20)30-7)23(28)26-27(25(5,6)16-31-9-2)24(29)19-14-17(3)13-18(4)15-19/h10-15H,8-9,16H2,1-7H3,(H,26,28). The molecule has 0 aromatic heterocycles. The molecular weight excluding hydrogens is 392 g/mol. The molecule has 0 saturated heterocycles. The molecule has 2 aromatic rings. The maximum absolute atomic E-state index is 13.5. The lowest BCUT2D eigenvalue weighted by Gasteiger charge is -2.38. The number of hydrogen-bond donors (Lipinski definition) is 1. The van der Waals surface area contributed by atoms with E-state index in [0.29, 0.717) is 29.9 Å². The summed E-state index contributed by atoms with van der Waals surface area (Å²) in [5.74, 6) is -0.000224. The maximum atomic E-state index is 13.5. The second kappa shape index (κ2) is 10.4. The number of ether oxygens (including phenoxy) is 2. The molecule has 2 amide bonds. The molecule has 31 heavy (non-hydrogen) atoms. The van der Waals surface area contributed by atoms with Crippen LogP contribution in [0.2, 0.25) is 0 Å². The number of hydrogen-bond acceptors (Lipinski definition) is 4. The van der Waals surface area contributed by atoms with Crippen molar-refractivity contribution in [2.75, 3.05) is 20.3 Å². The first-order chi connectivity index (χ1) is 14.6. The molecule has 0 radical (unpaired) electrons. The molecule has 0 bridgehead atoms. The highest BCUT2D eigenvalue weighted by atomic mass is 16.5. The number of benzene rings is 2. The second-order valence-corrected chi connectivity index (χ2v) is 8.25. The normalized spacial score (nSPS) is 11.2. The van der Waals surface area contributed by atoms with Crippen molar-refractivity contribution in [2.24, 2.45) is 0 Å². The molecule has 168 valence electrons. The van der Waals surface area contributed by atoms with Crippen molar-refractivity contribution in [3.63, 3.8) is 0 Å². The summed E-state index contributed by atoms with van der Waals surface area (Å²) >= 11 is 0. The number of rotatable bonds is 8. The zero-order valence-electron chi connectivity index (χ0n) is 19.7. The van der Waals surface area contributed by atoms with Gasteiger partial charge in [0, 0.05) is 23.3 Å². The molecule has 0 atom stereocenters. The van der Waals surface area contributed by atoms with E-state index in [0.717, 1.165) is 16.7 Å². The van der Waals surface area contributed by atoms with E-state index in [1.165, 1.54) is 5.01 Å². The summed E-state index contributed by atoms with van der Waals surface area (Å²) in [7, 11) is 1.58. The van der Waals surface area contributed by atoms with Crippen molar-refractivity contribution in [1.82, 2.24) is 10.4 Å². The average Bonchev–Trinajstić information content (AvgIpc) is 2.73. The van der Waals surface area contributed by atoms with E-state index >= 15 is 0 Å². The topological polar surface area (TPSA) is 67.9 Å². The number of hydrazine groups is 1. The lowest BCUT2D eigenvalue weighted by Crippen LogP contribution is -2.59. The quantitative estimate of drug-likeness (QED) is 0.632. The first-order valence-electron chi connectivity index (χ1n) is 10.6. The van der Waals surface area contributed by atoms with Gasteiger partial charge in [0.05, 0.1) is 19.3 Å². The minimum atomic E-state index is -0.772. The molecule has 6 heteroatoms. The maximum Gasteiger partial charge on any atom is 0.272 e. The van der Waals surface area contributed by atoms with E-state index in [9.17, 15) is 9.59 Å². The summed E-state index contributed by atoms with van der Waals surface area (Å²) in [6.45, 7) is 12.3. The van der Waals surface area contributed by atoms with Gasteiger partial charge in [-0.15, -0.1) is 0 Å². The van der Waals surface area contributed by atoms with Crippen molar-refractivity contribution >= 4 is 11.8 Å². The SMILES string of the molecule is CCOCC(C)(C)N(NC(=O)c1cccc(OC)c1CC)C(=O)c1cc(C)cc(C)c1. The highest BCUT2D eigenvalue weighted by molar-refractivity contribution is 6.00. The van der Waals surface area contributed by atoms with Gasteiger partial charge in [0.1, 0.15) is 5.75 Å². The summed E-state index contributed by atoms with van der Waals surface area (Å²) < 4.78 is 11.0. The number of nitrogens with zero attached hydrogens (tertiary/aromatic N) is 1. The van der Waals surface area contributed by atoms with Gasteiger partial charge < -0.3 is 9.47 Å². The van der Waals surface area contributed by atoms with Crippen LogP contribution in [0.3, 0.4) is 0 Å². The van der Waals surface area contributed by atoms with Gasteiger partial charge >= 0.3 is 0 Å². The Balaban J connectivity index is 2.46. The van der Waals surface area contributed by atoms with Crippen molar-refractivity contribution in [3.05, 3.63) is 64.2 Å². The molecule has 0 aliphatic carbocycles. The van der Waals surface area contributed by atoms with Crippen molar-refractivity contribution in [1.29, 1.82) is 0 Å². The van der Waals surface area contributed by atoms with Gasteiger partial charge in [0.15, 0.2) is 0 Å². The smallest absolute Gasteiger partial charge is 0.272 e. The minimum absolute atomic E-state index is 0.277. The number of nitrogens with one attached hydrogen (secondary N) is 1. The first kappa shape index (κ1) is 24.4. The van der Waals surface area contributed by atoms with Crippen LogP contribution in [0.1, 0.15) is 65.1 Å². The number of methoxy groups -OCH3 is 1. The van der Waals surface area contributed by atoms with Gasteiger partial charge in [-0.1, -0.05) is 30.2 Å². The minimum Gasteiger partial charge on any atom is -0.496 e. The molecule has 0 aliphatic rings. The second-order valence-electron chi connectivity index (χ2n) is 8.25. The van der Waals surface area contributed by atoms with Crippen LogP contribution in [-0.4, -0.2) is 42.7 Å². The van der Waals surface area contributed by atoms with Gasteiger partial charge in [-0.3, -0.25) is 15.0 Å². The molecule has 0 heterocycles. The van der Waals surface area contributed by atoms with Gasteiger partial charge in [-0.2, -0.15) is 0 Å². The molecule has 0 aliphatic heterocycles. The third kappa shape index (κ3) is 5.85. The summed E-state index contributed by atoms with van der Waals surface area (Å²) in [5.41, 5.74) is 5.84. The largest absolute Gasteiger partial charge is 0.496 e. The highest BCUT2D eigenvalue weighted by Gasteiger charge is 2.34. The molecule has 2 aromatic carbocycles. The highest BCUT2D eigenvalue weighted by Crippen LogP contribution is 2.24. The molecule has 0 saturated carbocycles. The molecule has 0 fully saturated rings. The van der Waals surface area contributed by atoms with E-state index in [1.807, 2.05) is 65.8 Å². The number of aryl methyl sites for hydroxylation is 2. The molecule has 6 nitrogen and oxygen atoms in total. The van der Waals surface area contributed by atoms with E-state index in [2.05, 4.69) is 5.43 Å². The Kier molecular flexibility index (Phi) is 8.22. The van der Waals surface area contributed by atoms with Gasteiger partial charge in [0.2, 0.25) is 0 Å².